The Kier molecular flexibility index (Phi) is 8.99. The maximum absolute atomic E-state index is 13.5. The minimum atomic E-state index is -3.25. The standard InChI is InChI=1S/C30H25ClFN5O3S2/c1-3-11-33-26(17-42(2,38)39)28-15-34-30(41-28)20-7-9-25-23(13-20)29(36-18-35-25)37-22-8-10-27(24(31)14-22)40-16-19-5-4-6-21(32)12-19/h1,4-10,12-15,18,26,33H,11,16-17H2,2H3,(H,35,36,37)/t26-/m0/s1. The summed E-state index contributed by atoms with van der Waals surface area (Å²) in [5, 5.41) is 8.24. The van der Waals surface area contributed by atoms with Gasteiger partial charge in [0.05, 0.1) is 28.9 Å². The lowest BCUT2D eigenvalue weighted by atomic mass is 10.1. The van der Waals surface area contributed by atoms with Gasteiger partial charge in [0.2, 0.25) is 0 Å². The molecule has 1 atom stereocenters. The van der Waals surface area contributed by atoms with Crippen molar-refractivity contribution in [1.29, 1.82) is 0 Å². The predicted molar refractivity (Wildman–Crippen MR) is 165 cm³/mol. The molecule has 12 heteroatoms. The van der Waals surface area contributed by atoms with Crippen LogP contribution < -0.4 is 15.4 Å². The molecule has 0 saturated carbocycles. The molecule has 2 heterocycles. The average molecular weight is 622 g/mol. The molecule has 0 radical (unpaired) electrons. The van der Waals surface area contributed by atoms with Gasteiger partial charge in [-0.2, -0.15) is 0 Å². The van der Waals surface area contributed by atoms with Crippen molar-refractivity contribution in [2.75, 3.05) is 23.9 Å². The number of ether oxygens (including phenoxy) is 1. The third kappa shape index (κ3) is 7.40. The van der Waals surface area contributed by atoms with Gasteiger partial charge in [-0.05, 0) is 54.1 Å². The van der Waals surface area contributed by atoms with Gasteiger partial charge in [0.1, 0.15) is 45.2 Å². The molecule has 5 aromatic rings. The zero-order valence-corrected chi connectivity index (χ0v) is 24.7. The van der Waals surface area contributed by atoms with Crippen molar-refractivity contribution in [1.82, 2.24) is 20.3 Å². The number of benzene rings is 3. The number of hydrogen-bond donors (Lipinski definition) is 2. The zero-order chi connectivity index (χ0) is 29.7. The lowest BCUT2D eigenvalue weighted by Gasteiger charge is -2.14. The first-order valence-corrected chi connectivity index (χ1v) is 15.9. The van der Waals surface area contributed by atoms with Crippen LogP contribution >= 0.6 is 22.9 Å². The SMILES string of the molecule is C#CCN[C@@H](CS(C)(=O)=O)c1cnc(-c2ccc3ncnc(Nc4ccc(OCc5cccc(F)c5)c(Cl)c4)c3c2)s1. The van der Waals surface area contributed by atoms with Gasteiger partial charge in [-0.1, -0.05) is 29.7 Å². The summed E-state index contributed by atoms with van der Waals surface area (Å²) >= 11 is 7.87. The molecule has 0 bridgehead atoms. The predicted octanol–water partition coefficient (Wildman–Crippen LogP) is 6.18. The van der Waals surface area contributed by atoms with Crippen LogP contribution in [0.3, 0.4) is 0 Å². The number of halogens is 2. The van der Waals surface area contributed by atoms with Crippen molar-refractivity contribution in [3.05, 3.63) is 94.5 Å². The topological polar surface area (TPSA) is 106 Å². The van der Waals surface area contributed by atoms with E-state index >= 15 is 0 Å². The van der Waals surface area contributed by atoms with Gasteiger partial charge in [0.25, 0.3) is 0 Å². The molecule has 0 fully saturated rings. The van der Waals surface area contributed by atoms with E-state index in [1.165, 1.54) is 36.1 Å². The largest absolute Gasteiger partial charge is 0.487 e. The monoisotopic (exact) mass is 621 g/mol. The molecule has 0 amide bonds. The van der Waals surface area contributed by atoms with E-state index in [2.05, 4.69) is 31.5 Å². The van der Waals surface area contributed by atoms with Gasteiger partial charge < -0.3 is 10.1 Å². The third-order valence-electron chi connectivity index (χ3n) is 6.15. The van der Waals surface area contributed by atoms with Crippen LogP contribution in [0, 0.1) is 18.2 Å². The van der Waals surface area contributed by atoms with Gasteiger partial charge in [0.15, 0.2) is 0 Å². The number of thiazole rings is 1. The fraction of sp³-hybridized carbons (Fsp3) is 0.167. The summed E-state index contributed by atoms with van der Waals surface area (Å²) in [5.41, 5.74) is 2.92. The molecule has 2 N–H and O–H groups in total. The number of sulfone groups is 1. The van der Waals surface area contributed by atoms with Gasteiger partial charge in [-0.25, -0.2) is 27.8 Å². The number of fused-ring (bicyclic) bond motifs is 1. The van der Waals surface area contributed by atoms with Crippen molar-refractivity contribution in [3.8, 4) is 28.7 Å². The summed E-state index contributed by atoms with van der Waals surface area (Å²) < 4.78 is 43.2. The lowest BCUT2D eigenvalue weighted by molar-refractivity contribution is 0.306. The molecule has 42 heavy (non-hydrogen) atoms. The molecule has 3 aromatic carbocycles. The Hall–Kier alpha value is -4.08. The second kappa shape index (κ2) is 12.8. The quantitative estimate of drug-likeness (QED) is 0.169. The molecular weight excluding hydrogens is 597 g/mol. The van der Waals surface area contributed by atoms with Crippen LogP contribution in [0.5, 0.6) is 5.75 Å². The Balaban J connectivity index is 1.37. The minimum absolute atomic E-state index is 0.0901. The summed E-state index contributed by atoms with van der Waals surface area (Å²) in [7, 11) is -3.25. The number of terminal acetylenes is 1. The maximum Gasteiger partial charge on any atom is 0.149 e. The number of nitrogens with zero attached hydrogens (tertiary/aromatic N) is 3. The molecule has 0 aliphatic heterocycles. The van der Waals surface area contributed by atoms with E-state index < -0.39 is 15.9 Å². The molecule has 214 valence electrons. The Bertz CT molecular complexity index is 1890. The number of rotatable bonds is 11. The minimum Gasteiger partial charge on any atom is -0.487 e. The third-order valence-corrected chi connectivity index (χ3v) is 8.54. The second-order valence-electron chi connectivity index (χ2n) is 9.44. The molecule has 0 unspecified atom stereocenters. The van der Waals surface area contributed by atoms with Crippen molar-refractivity contribution in [2.24, 2.45) is 0 Å². The summed E-state index contributed by atoms with van der Waals surface area (Å²) in [4.78, 5) is 14.1. The average Bonchev–Trinajstić information content (AvgIpc) is 3.45. The van der Waals surface area contributed by atoms with Crippen molar-refractivity contribution >= 4 is 55.2 Å². The first kappa shape index (κ1) is 29.4. The van der Waals surface area contributed by atoms with E-state index in [4.69, 9.17) is 22.8 Å². The molecule has 8 nitrogen and oxygen atoms in total. The van der Waals surface area contributed by atoms with Crippen LogP contribution in [0.4, 0.5) is 15.9 Å². The highest BCUT2D eigenvalue weighted by atomic mass is 35.5. The van der Waals surface area contributed by atoms with Crippen LogP contribution in [0.15, 0.2) is 73.2 Å². The van der Waals surface area contributed by atoms with Crippen LogP contribution in [0.25, 0.3) is 21.5 Å². The Morgan fingerprint density at radius 2 is 1.98 bits per heavy atom. The zero-order valence-electron chi connectivity index (χ0n) is 22.3. The van der Waals surface area contributed by atoms with Crippen LogP contribution in [0.1, 0.15) is 16.5 Å². The van der Waals surface area contributed by atoms with Crippen molar-refractivity contribution in [3.63, 3.8) is 0 Å². The summed E-state index contributed by atoms with van der Waals surface area (Å²) in [6.07, 6.45) is 9.71. The van der Waals surface area contributed by atoms with E-state index in [-0.39, 0.29) is 24.7 Å². The van der Waals surface area contributed by atoms with Gasteiger partial charge >= 0.3 is 0 Å². The van der Waals surface area contributed by atoms with Gasteiger partial charge in [0, 0.05) is 34.0 Å². The Morgan fingerprint density at radius 1 is 1.12 bits per heavy atom. The maximum atomic E-state index is 13.5. The molecule has 0 saturated heterocycles. The van der Waals surface area contributed by atoms with Gasteiger partial charge in [-0.3, -0.25) is 5.32 Å². The summed E-state index contributed by atoms with van der Waals surface area (Å²) in [5.74, 6) is 3.10. The molecule has 0 aliphatic rings. The van der Waals surface area contributed by atoms with E-state index in [1.807, 2.05) is 24.3 Å². The highest BCUT2D eigenvalue weighted by Gasteiger charge is 2.20. The number of aromatic nitrogens is 3. The number of anilines is 2. The van der Waals surface area contributed by atoms with E-state index in [0.717, 1.165) is 21.3 Å². The highest BCUT2D eigenvalue weighted by Crippen LogP contribution is 2.34. The summed E-state index contributed by atoms with van der Waals surface area (Å²) in [6.45, 7) is 0.414. The number of hydrogen-bond acceptors (Lipinski definition) is 9. The van der Waals surface area contributed by atoms with Crippen LogP contribution in [-0.4, -0.2) is 41.9 Å². The van der Waals surface area contributed by atoms with Crippen LogP contribution in [0.2, 0.25) is 5.02 Å². The molecule has 0 spiro atoms. The molecule has 2 aromatic heterocycles. The number of nitrogens with one attached hydrogen (secondary N) is 2. The molecular formula is C30H25ClFN5O3S2. The molecule has 0 aliphatic carbocycles. The Labute approximate surface area is 251 Å². The van der Waals surface area contributed by atoms with Crippen molar-refractivity contribution in [2.45, 2.75) is 12.6 Å². The van der Waals surface area contributed by atoms with Crippen molar-refractivity contribution < 1.29 is 17.5 Å². The lowest BCUT2D eigenvalue weighted by Crippen LogP contribution is -2.27. The first-order valence-electron chi connectivity index (χ1n) is 12.7. The normalized spacial score (nSPS) is 12.1. The fourth-order valence-electron chi connectivity index (χ4n) is 4.22. The van der Waals surface area contributed by atoms with Gasteiger partial charge in [-0.15, -0.1) is 17.8 Å². The van der Waals surface area contributed by atoms with E-state index in [1.54, 1.807) is 30.5 Å². The smallest absolute Gasteiger partial charge is 0.149 e. The van der Waals surface area contributed by atoms with Crippen LogP contribution in [-0.2, 0) is 16.4 Å². The second-order valence-corrected chi connectivity index (χ2v) is 13.1. The Morgan fingerprint density at radius 3 is 2.74 bits per heavy atom. The fourth-order valence-corrected chi connectivity index (χ4v) is 6.45. The molecule has 5 rings (SSSR count). The summed E-state index contributed by atoms with van der Waals surface area (Å²) in [6, 6.07) is 16.7. The van der Waals surface area contributed by atoms with E-state index in [9.17, 15) is 12.8 Å². The highest BCUT2D eigenvalue weighted by molar-refractivity contribution is 7.90. The van der Waals surface area contributed by atoms with E-state index in [0.29, 0.717) is 32.8 Å². The first-order chi connectivity index (χ1) is 20.2.